The molecule has 0 amide bonds. The van der Waals surface area contributed by atoms with Gasteiger partial charge < -0.3 is 0 Å². The zero-order valence-corrected chi connectivity index (χ0v) is 16.4. The molecule has 0 aliphatic heterocycles. The van der Waals surface area contributed by atoms with Gasteiger partial charge in [0, 0.05) is 9.50 Å². The second-order valence-electron chi connectivity index (χ2n) is 5.40. The van der Waals surface area contributed by atoms with Crippen LogP contribution in [0.2, 0.25) is 5.02 Å². The summed E-state index contributed by atoms with van der Waals surface area (Å²) < 4.78 is 13.3. The summed E-state index contributed by atoms with van der Waals surface area (Å²) in [6, 6.07) is 22.5. The zero-order valence-electron chi connectivity index (χ0n) is 14.1. The van der Waals surface area contributed by atoms with Crippen LogP contribution in [0.25, 0.3) is 0 Å². The van der Waals surface area contributed by atoms with Crippen molar-refractivity contribution in [2.75, 3.05) is 0 Å². The normalized spacial score (nSPS) is 9.25. The Hall–Kier alpha value is -1.64. The van der Waals surface area contributed by atoms with Gasteiger partial charge in [0.15, 0.2) is 0 Å². The topological polar surface area (TPSA) is 0 Å². The predicted molar refractivity (Wildman–Crippen MR) is 106 cm³/mol. The first kappa shape index (κ1) is 20.4. The number of aryl methyl sites for hydroxylation is 3. The smallest absolute Gasteiger partial charge is 0.123 e. The SMILES string of the molecule is Cc1cccc(Br)c1.Cc1cccc(Cl)c1.Cc1cccc(F)c1. The van der Waals surface area contributed by atoms with E-state index in [1.807, 2.05) is 56.3 Å². The van der Waals surface area contributed by atoms with Gasteiger partial charge in [0.1, 0.15) is 5.82 Å². The second kappa shape index (κ2) is 11.0. The molecule has 0 fully saturated rings. The van der Waals surface area contributed by atoms with Gasteiger partial charge in [0.2, 0.25) is 0 Å². The highest BCUT2D eigenvalue weighted by molar-refractivity contribution is 9.10. The lowest BCUT2D eigenvalue weighted by molar-refractivity contribution is 0.626. The number of hydrogen-bond acceptors (Lipinski definition) is 0. The van der Waals surface area contributed by atoms with Crippen LogP contribution in [0.4, 0.5) is 4.39 Å². The molecule has 0 saturated carbocycles. The molecule has 3 rings (SSSR count). The highest BCUT2D eigenvalue weighted by atomic mass is 79.9. The van der Waals surface area contributed by atoms with Gasteiger partial charge in [0.05, 0.1) is 0 Å². The molecular weight excluding hydrogens is 387 g/mol. The molecule has 0 spiro atoms. The van der Waals surface area contributed by atoms with Gasteiger partial charge in [-0.15, -0.1) is 0 Å². The number of rotatable bonds is 0. The van der Waals surface area contributed by atoms with E-state index in [0.29, 0.717) is 0 Å². The standard InChI is InChI=1S/C7H7Br.C7H7Cl.C7H7F/c3*1-6-3-2-4-7(8)5-6/h3*2-5H,1H3. The van der Waals surface area contributed by atoms with Crippen molar-refractivity contribution in [3.8, 4) is 0 Å². The first-order chi connectivity index (χ1) is 11.4. The first-order valence-electron chi connectivity index (χ1n) is 7.53. The molecule has 0 bridgehead atoms. The Morgan fingerprint density at radius 1 is 0.708 bits per heavy atom. The fraction of sp³-hybridized carbons (Fsp3) is 0.143. The van der Waals surface area contributed by atoms with Crippen molar-refractivity contribution in [3.05, 3.63) is 105 Å². The predicted octanol–water partition coefficient (Wildman–Crippen LogP) is 7.54. The Bertz CT molecular complexity index is 601. The molecule has 0 saturated heterocycles. The van der Waals surface area contributed by atoms with Crippen LogP contribution in [0.5, 0.6) is 0 Å². The number of halogens is 3. The van der Waals surface area contributed by atoms with Crippen molar-refractivity contribution in [1.82, 2.24) is 0 Å². The average Bonchev–Trinajstić information content (AvgIpc) is 2.47. The Balaban J connectivity index is 0.000000180. The maximum Gasteiger partial charge on any atom is 0.123 e. The van der Waals surface area contributed by atoms with E-state index in [9.17, 15) is 4.39 Å². The molecule has 0 radical (unpaired) electrons. The van der Waals surface area contributed by atoms with Crippen LogP contribution >= 0.6 is 27.5 Å². The molecule has 0 N–H and O–H groups in total. The van der Waals surface area contributed by atoms with Crippen molar-refractivity contribution < 1.29 is 4.39 Å². The Labute approximate surface area is 157 Å². The van der Waals surface area contributed by atoms with Crippen molar-refractivity contribution >= 4 is 27.5 Å². The van der Waals surface area contributed by atoms with E-state index >= 15 is 0 Å². The summed E-state index contributed by atoms with van der Waals surface area (Å²) in [5.41, 5.74) is 3.46. The molecule has 24 heavy (non-hydrogen) atoms. The molecule has 0 aromatic heterocycles. The summed E-state index contributed by atoms with van der Waals surface area (Å²) in [4.78, 5) is 0. The van der Waals surface area contributed by atoms with Gasteiger partial charge in [-0.2, -0.15) is 0 Å². The van der Waals surface area contributed by atoms with Gasteiger partial charge >= 0.3 is 0 Å². The van der Waals surface area contributed by atoms with Gasteiger partial charge in [-0.05, 0) is 68.3 Å². The van der Waals surface area contributed by atoms with E-state index in [4.69, 9.17) is 11.6 Å². The fourth-order valence-electron chi connectivity index (χ4n) is 1.82. The monoisotopic (exact) mass is 406 g/mol. The van der Waals surface area contributed by atoms with Crippen LogP contribution in [-0.2, 0) is 0 Å². The molecule has 0 nitrogen and oxygen atoms in total. The Kier molecular flexibility index (Phi) is 9.36. The van der Waals surface area contributed by atoms with Gasteiger partial charge in [0.25, 0.3) is 0 Å². The second-order valence-corrected chi connectivity index (χ2v) is 6.75. The summed E-state index contributed by atoms with van der Waals surface area (Å²) in [6.45, 7) is 5.96. The number of hydrogen-bond donors (Lipinski definition) is 0. The number of benzene rings is 3. The first-order valence-corrected chi connectivity index (χ1v) is 8.70. The molecule has 3 heteroatoms. The lowest BCUT2D eigenvalue weighted by Crippen LogP contribution is -1.72. The summed E-state index contributed by atoms with van der Waals surface area (Å²) in [6.07, 6.45) is 0. The minimum absolute atomic E-state index is 0.162. The maximum atomic E-state index is 12.2. The summed E-state index contributed by atoms with van der Waals surface area (Å²) in [5, 5.41) is 0.810. The van der Waals surface area contributed by atoms with E-state index in [1.165, 1.54) is 23.3 Å². The van der Waals surface area contributed by atoms with E-state index in [2.05, 4.69) is 35.0 Å². The van der Waals surface area contributed by atoms with E-state index in [0.717, 1.165) is 15.1 Å². The third-order valence-electron chi connectivity index (χ3n) is 2.94. The minimum Gasteiger partial charge on any atom is -0.207 e. The van der Waals surface area contributed by atoms with Gasteiger partial charge in [-0.1, -0.05) is 69.5 Å². The third kappa shape index (κ3) is 9.49. The summed E-state index contributed by atoms with van der Waals surface area (Å²) in [5.74, 6) is -0.162. The molecule has 3 aromatic rings. The molecular formula is C21H21BrClF. The quantitative estimate of drug-likeness (QED) is 0.361. The van der Waals surface area contributed by atoms with E-state index < -0.39 is 0 Å². The summed E-state index contributed by atoms with van der Waals surface area (Å²) in [7, 11) is 0. The van der Waals surface area contributed by atoms with E-state index in [-0.39, 0.29) is 5.82 Å². The molecule has 0 aliphatic rings. The maximum absolute atomic E-state index is 12.2. The van der Waals surface area contributed by atoms with Gasteiger partial charge in [-0.25, -0.2) is 4.39 Å². The Morgan fingerprint density at radius 3 is 1.50 bits per heavy atom. The largest absolute Gasteiger partial charge is 0.207 e. The van der Waals surface area contributed by atoms with Crippen molar-refractivity contribution in [3.63, 3.8) is 0 Å². The fourth-order valence-corrected chi connectivity index (χ4v) is 2.58. The molecule has 0 heterocycles. The highest BCUT2D eigenvalue weighted by Crippen LogP contribution is 2.10. The molecule has 3 aromatic carbocycles. The van der Waals surface area contributed by atoms with Crippen LogP contribution in [0, 0.1) is 26.6 Å². The third-order valence-corrected chi connectivity index (χ3v) is 3.67. The van der Waals surface area contributed by atoms with Crippen LogP contribution < -0.4 is 0 Å². The van der Waals surface area contributed by atoms with Crippen LogP contribution in [0.3, 0.4) is 0 Å². The molecule has 0 atom stereocenters. The van der Waals surface area contributed by atoms with Crippen LogP contribution in [-0.4, -0.2) is 0 Å². The van der Waals surface area contributed by atoms with E-state index in [1.54, 1.807) is 6.07 Å². The van der Waals surface area contributed by atoms with Crippen LogP contribution in [0.15, 0.2) is 77.3 Å². The zero-order chi connectivity index (χ0) is 17.9. The summed E-state index contributed by atoms with van der Waals surface area (Å²) >= 11 is 9.01. The van der Waals surface area contributed by atoms with Crippen molar-refractivity contribution in [1.29, 1.82) is 0 Å². The molecule has 0 aliphatic carbocycles. The lowest BCUT2D eigenvalue weighted by atomic mass is 10.2. The van der Waals surface area contributed by atoms with Crippen molar-refractivity contribution in [2.24, 2.45) is 0 Å². The lowest BCUT2D eigenvalue weighted by Gasteiger charge is -1.89. The Morgan fingerprint density at radius 2 is 1.21 bits per heavy atom. The van der Waals surface area contributed by atoms with Gasteiger partial charge in [-0.3, -0.25) is 0 Å². The molecule has 0 unspecified atom stereocenters. The minimum atomic E-state index is -0.162. The molecule has 126 valence electrons. The van der Waals surface area contributed by atoms with Crippen LogP contribution in [0.1, 0.15) is 16.7 Å². The van der Waals surface area contributed by atoms with Crippen molar-refractivity contribution in [2.45, 2.75) is 20.8 Å². The average molecular weight is 408 g/mol. The highest BCUT2D eigenvalue weighted by Gasteiger charge is 1.85.